The topological polar surface area (TPSA) is 59.0 Å². The highest BCUT2D eigenvalue weighted by molar-refractivity contribution is 5.82. The van der Waals surface area contributed by atoms with E-state index < -0.39 is 12.3 Å². The van der Waals surface area contributed by atoms with Crippen molar-refractivity contribution in [1.82, 2.24) is 4.90 Å². The predicted octanol–water partition coefficient (Wildman–Crippen LogP) is 5.65. The minimum atomic E-state index is -0.902. The molecule has 2 aliphatic rings. The number of halogens is 1. The van der Waals surface area contributed by atoms with Crippen molar-refractivity contribution in [2.24, 2.45) is 5.92 Å². The number of allylic oxidation sites excluding steroid dienone is 9. The average molecular weight is 502 g/mol. The van der Waals surface area contributed by atoms with Gasteiger partial charge in [0.25, 0.3) is 0 Å². The molecule has 0 amide bonds. The molecule has 0 aromatic carbocycles. The average Bonchev–Trinajstić information content (AvgIpc) is 3.27. The van der Waals surface area contributed by atoms with Crippen LogP contribution in [0.25, 0.3) is 0 Å². The Morgan fingerprint density at radius 1 is 1.28 bits per heavy atom. The second-order valence-electron chi connectivity index (χ2n) is 9.60. The monoisotopic (exact) mass is 501 g/mol. The van der Waals surface area contributed by atoms with E-state index in [1.165, 1.54) is 6.08 Å². The number of carbonyl (C=O) groups excluding carboxylic acids is 1. The number of ether oxygens (including phenoxy) is 2. The van der Waals surface area contributed by atoms with E-state index in [1.807, 2.05) is 44.2 Å². The first-order valence-corrected chi connectivity index (χ1v) is 13.3. The third kappa shape index (κ3) is 11.2. The molecule has 200 valence electrons. The highest BCUT2D eigenvalue weighted by atomic mass is 19.1. The molecule has 0 radical (unpaired) electrons. The van der Waals surface area contributed by atoms with Crippen LogP contribution in [0.15, 0.2) is 71.9 Å². The second-order valence-corrected chi connectivity index (χ2v) is 9.60. The highest BCUT2D eigenvalue weighted by Gasteiger charge is 2.28. The molecule has 1 heterocycles. The number of hydrogen-bond acceptors (Lipinski definition) is 5. The summed E-state index contributed by atoms with van der Waals surface area (Å²) in [6, 6.07) is 0.339. The van der Waals surface area contributed by atoms with Gasteiger partial charge in [0, 0.05) is 24.6 Å². The van der Waals surface area contributed by atoms with Crippen LogP contribution in [0.1, 0.15) is 53.4 Å². The number of aliphatic hydroxyl groups excluding tert-OH is 1. The summed E-state index contributed by atoms with van der Waals surface area (Å²) in [4.78, 5) is 13.6. The van der Waals surface area contributed by atoms with Gasteiger partial charge >= 0.3 is 5.97 Å². The maximum atomic E-state index is 14.0. The van der Waals surface area contributed by atoms with Crippen molar-refractivity contribution >= 4 is 5.97 Å². The molecule has 6 heteroatoms. The van der Waals surface area contributed by atoms with Gasteiger partial charge in [0.05, 0.1) is 25.4 Å². The van der Waals surface area contributed by atoms with Crippen molar-refractivity contribution < 1.29 is 23.8 Å². The summed E-state index contributed by atoms with van der Waals surface area (Å²) in [5.41, 5.74) is 2.10. The van der Waals surface area contributed by atoms with Crippen LogP contribution >= 0.6 is 0 Å². The third-order valence-electron chi connectivity index (χ3n) is 6.48. The van der Waals surface area contributed by atoms with Crippen molar-refractivity contribution in [3.8, 4) is 0 Å². The van der Waals surface area contributed by atoms with E-state index >= 15 is 0 Å². The number of β-amino-alcohol motifs (C(OH)–C–C–N with tert-alkyl or cyclic N) is 1. The fraction of sp³-hybridized carbons (Fsp3) is 0.567. The molecular weight excluding hydrogens is 457 g/mol. The van der Waals surface area contributed by atoms with Crippen molar-refractivity contribution in [3.63, 3.8) is 0 Å². The zero-order valence-corrected chi connectivity index (χ0v) is 22.3. The number of nitrogens with zero attached hydrogens (tertiary/aromatic N) is 1. The fourth-order valence-electron chi connectivity index (χ4n) is 4.35. The Labute approximate surface area is 216 Å². The second kappa shape index (κ2) is 16.5. The molecule has 5 atom stereocenters. The van der Waals surface area contributed by atoms with Crippen LogP contribution in [-0.2, 0) is 14.3 Å². The Bertz CT molecular complexity index is 857. The zero-order chi connectivity index (χ0) is 26.3. The molecule has 2 rings (SSSR count). The summed E-state index contributed by atoms with van der Waals surface area (Å²) in [6.07, 6.45) is 20.7. The standard InChI is InChI=1S/C30H44FNO4/c1-5-28(14-9-12-23(3)11-7-8-15-30(34)35-6-2)36-22-27(33)21-32-18-10-13-26(32)19-25-17-16-24(4)29(31)20-25/h7-9,11-12,14-17,20,24,26-29,33H,5-6,10,13,18-19,21-22H2,1-4H3/b11-7+,14-9+,15-8+,23-12-/t24?,26-,27+,28+,29?/m0/s1. The summed E-state index contributed by atoms with van der Waals surface area (Å²) in [5.74, 6) is -0.402. The number of likely N-dealkylation sites (tertiary alicyclic amines) is 1. The maximum Gasteiger partial charge on any atom is 0.330 e. The van der Waals surface area contributed by atoms with Crippen LogP contribution in [0.4, 0.5) is 4.39 Å². The van der Waals surface area contributed by atoms with Gasteiger partial charge in [0.1, 0.15) is 6.17 Å². The minimum Gasteiger partial charge on any atom is -0.463 e. The van der Waals surface area contributed by atoms with Gasteiger partial charge in [-0.15, -0.1) is 0 Å². The van der Waals surface area contributed by atoms with Crippen LogP contribution in [0, 0.1) is 5.92 Å². The smallest absolute Gasteiger partial charge is 0.330 e. The Balaban J connectivity index is 1.76. The van der Waals surface area contributed by atoms with Crippen LogP contribution in [0.3, 0.4) is 0 Å². The van der Waals surface area contributed by atoms with Crippen molar-refractivity contribution in [2.75, 3.05) is 26.3 Å². The molecule has 0 saturated carbocycles. The summed E-state index contributed by atoms with van der Waals surface area (Å²) in [6.45, 7) is 9.87. The first kappa shape index (κ1) is 29.9. The van der Waals surface area contributed by atoms with Crippen molar-refractivity contribution in [2.45, 2.75) is 77.8 Å². The van der Waals surface area contributed by atoms with Crippen molar-refractivity contribution in [3.05, 3.63) is 71.9 Å². The minimum absolute atomic E-state index is 0.0520. The molecule has 5 nitrogen and oxygen atoms in total. The summed E-state index contributed by atoms with van der Waals surface area (Å²) < 4.78 is 24.8. The van der Waals surface area contributed by atoms with Gasteiger partial charge in [-0.2, -0.15) is 0 Å². The molecule has 2 unspecified atom stereocenters. The van der Waals surface area contributed by atoms with Crippen molar-refractivity contribution in [1.29, 1.82) is 0 Å². The van der Waals surface area contributed by atoms with E-state index in [4.69, 9.17) is 9.47 Å². The van der Waals surface area contributed by atoms with E-state index in [-0.39, 0.29) is 24.6 Å². The summed E-state index contributed by atoms with van der Waals surface area (Å²) >= 11 is 0. The molecule has 36 heavy (non-hydrogen) atoms. The summed E-state index contributed by atoms with van der Waals surface area (Å²) in [5, 5.41) is 10.6. The largest absolute Gasteiger partial charge is 0.463 e. The molecule has 0 aromatic rings. The SMILES string of the molecule is CCOC(=O)/C=C/C=C/C(C)=C\C=C\[C@@H](CC)OC[C@H](O)CN1CCC[C@H]1CC1=CC(F)C(C)C=C1. The molecule has 1 aliphatic carbocycles. The number of hydrogen-bond donors (Lipinski definition) is 1. The summed E-state index contributed by atoms with van der Waals surface area (Å²) in [7, 11) is 0. The van der Waals surface area contributed by atoms with Gasteiger partial charge in [-0.05, 0) is 57.7 Å². The molecule has 0 bridgehead atoms. The molecule has 1 fully saturated rings. The van der Waals surface area contributed by atoms with Crippen LogP contribution in [0.2, 0.25) is 0 Å². The van der Waals surface area contributed by atoms with Gasteiger partial charge in [0.2, 0.25) is 0 Å². The Hall–Kier alpha value is -2.28. The van der Waals surface area contributed by atoms with Gasteiger partial charge < -0.3 is 14.6 Å². The Morgan fingerprint density at radius 2 is 2.06 bits per heavy atom. The van der Waals surface area contributed by atoms with E-state index in [1.54, 1.807) is 25.2 Å². The first-order chi connectivity index (χ1) is 17.3. The normalized spacial score (nSPS) is 25.2. The molecular formula is C30H44FNO4. The van der Waals surface area contributed by atoms with Crippen LogP contribution in [-0.4, -0.2) is 66.7 Å². The van der Waals surface area contributed by atoms with E-state index in [9.17, 15) is 14.3 Å². The molecule has 1 aliphatic heterocycles. The van der Waals surface area contributed by atoms with Gasteiger partial charge in [0.15, 0.2) is 0 Å². The maximum absolute atomic E-state index is 14.0. The Kier molecular flexibility index (Phi) is 13.7. The lowest BCUT2D eigenvalue weighted by Gasteiger charge is -2.28. The molecule has 1 N–H and O–H groups in total. The fourth-order valence-corrected chi connectivity index (χ4v) is 4.35. The number of carbonyl (C=O) groups is 1. The first-order valence-electron chi connectivity index (χ1n) is 13.3. The molecule has 1 saturated heterocycles. The van der Waals surface area contributed by atoms with E-state index in [2.05, 4.69) is 17.9 Å². The third-order valence-corrected chi connectivity index (χ3v) is 6.48. The number of rotatable bonds is 14. The molecule has 0 spiro atoms. The quantitative estimate of drug-likeness (QED) is 0.189. The van der Waals surface area contributed by atoms with E-state index in [0.29, 0.717) is 19.2 Å². The zero-order valence-electron chi connectivity index (χ0n) is 22.3. The highest BCUT2D eigenvalue weighted by Crippen LogP contribution is 2.28. The lowest BCUT2D eigenvalue weighted by Crippen LogP contribution is -2.39. The lowest BCUT2D eigenvalue weighted by molar-refractivity contribution is -0.137. The molecule has 0 aromatic heterocycles. The number of alkyl halides is 1. The van der Waals surface area contributed by atoms with E-state index in [0.717, 1.165) is 43.4 Å². The van der Waals surface area contributed by atoms with Gasteiger partial charge in [-0.25, -0.2) is 9.18 Å². The van der Waals surface area contributed by atoms with Crippen LogP contribution < -0.4 is 0 Å². The predicted molar refractivity (Wildman–Crippen MR) is 144 cm³/mol. The Morgan fingerprint density at radius 3 is 2.78 bits per heavy atom. The van der Waals surface area contributed by atoms with Crippen LogP contribution in [0.5, 0.6) is 0 Å². The van der Waals surface area contributed by atoms with Gasteiger partial charge in [-0.3, -0.25) is 4.90 Å². The number of esters is 1. The number of aliphatic hydroxyl groups is 1. The lowest BCUT2D eigenvalue weighted by atomic mass is 9.92. The van der Waals surface area contributed by atoms with Gasteiger partial charge in [-0.1, -0.05) is 68.0 Å².